The second kappa shape index (κ2) is 45.3. The number of carbonyl (C=O) groups excluding carboxylic acids is 4. The molecule has 12 unspecified atom stereocenters. The van der Waals surface area contributed by atoms with Crippen LogP contribution in [0.5, 0.6) is 0 Å². The number of hydrogen-bond donors (Lipinski definition) is 25. The molecule has 810 valence electrons. The Morgan fingerprint density at radius 3 is 1.63 bits per heavy atom. The lowest BCUT2D eigenvalue weighted by Crippen LogP contribution is -2.69. The van der Waals surface area contributed by atoms with Crippen molar-refractivity contribution >= 4 is 23.8 Å². The molecule has 142 heavy (non-hydrogen) atoms. The molecule has 47 heteroatoms. The molecular formula is C95H149NO46. The molecule has 0 spiro atoms. The molecule has 47 nitrogen and oxygen atoms in total. The molecule has 8 saturated heterocycles. The lowest BCUT2D eigenvalue weighted by molar-refractivity contribution is -0.392. The molecule has 12 fully saturated rings. The van der Waals surface area contributed by atoms with Crippen LogP contribution >= 0.6 is 0 Å². The smallest absolute Gasteiger partial charge is 0.336 e. The second-order valence-electron chi connectivity index (χ2n) is 42.8. The minimum absolute atomic E-state index is 0.0711. The molecular weight excluding hydrogens is 1890 g/mol. The molecule has 4 saturated carbocycles. The lowest BCUT2D eigenvalue weighted by Gasteiger charge is -2.72. The molecule has 13 rings (SSSR count). The van der Waals surface area contributed by atoms with Crippen molar-refractivity contribution in [1.29, 1.82) is 0 Å². The SMILES string of the molecule is C=C[C@H](/C=C(\CO)C(=O)OC1CC2(C(=O)O[C@@H]3O[C@H](CO)[C@@H](O[C@@H]4O[C@H](C)[C@@H](O[C@@H]5O[C@H](CO)[C@@H](O)[C@H](O)[C@H]5O)[C@H](O[C@@H]5OC[C@@H](O)[C@@H](O)[C@@H]5O)[C@@H]4O)[C@H](O)[C@H]3O)C(O)CC3(C)C(=CCC4C5(C)CCC(OC[C@H]6O[C@@H](O)[C@H](NC(C)=O)[C@@H](O)[C@@H]6O[C@@H]6O[C@H](C)[C@H](O[C@@H]7OC[C@@H](O)[C@H](O)[C@H]7O)[C@H](O)[C@H]6O)C(C)(C)C5CCC43C)C2CC1(C)C)OC1O[C@@H](C)[C@H](OC(=O)/C(=C\CCC(C)(O)C=C)CO)[C@@H](O)[C@@H]1O. The predicted molar refractivity (Wildman–Crippen MR) is 476 cm³/mol. The van der Waals surface area contributed by atoms with Gasteiger partial charge in [-0.05, 0) is 131 Å². The number of aliphatic hydroxyl groups is 24. The van der Waals surface area contributed by atoms with Gasteiger partial charge in [0.15, 0.2) is 50.1 Å². The molecule has 8 aliphatic heterocycles. The maximum Gasteiger partial charge on any atom is 0.336 e. The quantitative estimate of drug-likeness (QED) is 0.0129. The van der Waals surface area contributed by atoms with E-state index in [1.165, 1.54) is 39.8 Å². The average molecular weight is 2040 g/mol. The number of hydrogen-bond acceptors (Lipinski definition) is 46. The summed E-state index contributed by atoms with van der Waals surface area (Å²) in [4.78, 5) is 57.5. The summed E-state index contributed by atoms with van der Waals surface area (Å²) in [5.74, 6) is -5.54. The normalized spacial score (nSPS) is 48.3. The maximum absolute atomic E-state index is 16.5. The number of esters is 3. The minimum Gasteiger partial charge on any atom is -0.458 e. The van der Waals surface area contributed by atoms with Gasteiger partial charge in [0, 0.05) is 18.8 Å². The van der Waals surface area contributed by atoms with E-state index in [1.807, 2.05) is 6.92 Å². The van der Waals surface area contributed by atoms with E-state index in [-0.39, 0.29) is 49.7 Å². The largest absolute Gasteiger partial charge is 0.458 e. The van der Waals surface area contributed by atoms with Gasteiger partial charge in [0.2, 0.25) is 12.2 Å². The van der Waals surface area contributed by atoms with Crippen LogP contribution in [0.4, 0.5) is 0 Å². The first kappa shape index (κ1) is 114. The fourth-order valence-electron chi connectivity index (χ4n) is 24.3. The van der Waals surface area contributed by atoms with Crippen LogP contribution in [-0.2, 0) is 104 Å². The molecule has 0 aromatic carbocycles. The van der Waals surface area contributed by atoms with E-state index in [2.05, 4.69) is 52.2 Å². The number of carbonyl (C=O) groups is 4. The Morgan fingerprint density at radius 2 is 1.03 bits per heavy atom. The summed E-state index contributed by atoms with van der Waals surface area (Å²) in [6, 6.07) is -1.50. The number of nitrogens with one attached hydrogen (secondary N) is 1. The van der Waals surface area contributed by atoms with E-state index in [0.717, 1.165) is 24.6 Å². The molecule has 0 bridgehead atoms. The van der Waals surface area contributed by atoms with Crippen molar-refractivity contribution in [3.8, 4) is 0 Å². The highest BCUT2D eigenvalue weighted by Gasteiger charge is 2.74. The fraction of sp³-hybridized carbons (Fsp3) is 0.853. The van der Waals surface area contributed by atoms with E-state index in [9.17, 15) is 132 Å². The first-order valence-corrected chi connectivity index (χ1v) is 48.7. The van der Waals surface area contributed by atoms with Gasteiger partial charge in [-0.3, -0.25) is 9.59 Å². The third-order valence-electron chi connectivity index (χ3n) is 33.0. The minimum atomic E-state index is -2.36. The molecule has 0 aromatic heterocycles. The van der Waals surface area contributed by atoms with Gasteiger partial charge in [-0.25, -0.2) is 9.59 Å². The monoisotopic (exact) mass is 2040 g/mol. The van der Waals surface area contributed by atoms with E-state index >= 15 is 9.59 Å². The second-order valence-corrected chi connectivity index (χ2v) is 42.8. The van der Waals surface area contributed by atoms with Crippen LogP contribution in [-0.4, -0.2) is 456 Å². The Balaban J connectivity index is 0.763. The van der Waals surface area contributed by atoms with Crippen LogP contribution in [0.15, 0.2) is 60.3 Å². The van der Waals surface area contributed by atoms with E-state index in [4.69, 9.17) is 85.3 Å². The molecule has 0 radical (unpaired) electrons. The Bertz CT molecular complexity index is 4390. The van der Waals surface area contributed by atoms with Gasteiger partial charge >= 0.3 is 17.9 Å². The number of aliphatic hydroxyl groups excluding tert-OH is 23. The number of allylic oxidation sites excluding steroid dienone is 3. The van der Waals surface area contributed by atoms with Gasteiger partial charge in [0.05, 0.1) is 99.6 Å². The van der Waals surface area contributed by atoms with Gasteiger partial charge in [-0.1, -0.05) is 78.3 Å². The van der Waals surface area contributed by atoms with Gasteiger partial charge in [0.1, 0.15) is 170 Å². The summed E-state index contributed by atoms with van der Waals surface area (Å²) in [5.41, 5.74) is -7.68. The van der Waals surface area contributed by atoms with Crippen LogP contribution in [0, 0.1) is 50.2 Å². The van der Waals surface area contributed by atoms with Crippen molar-refractivity contribution in [1.82, 2.24) is 5.32 Å². The predicted octanol–water partition coefficient (Wildman–Crippen LogP) is -7.09. The van der Waals surface area contributed by atoms with Crippen LogP contribution in [0.2, 0.25) is 0 Å². The number of amides is 1. The third-order valence-corrected chi connectivity index (χ3v) is 33.0. The summed E-state index contributed by atoms with van der Waals surface area (Å²) in [5, 5.41) is 271. The highest BCUT2D eigenvalue weighted by Crippen LogP contribution is 2.76. The number of fused-ring (bicyclic) bond motifs is 7. The van der Waals surface area contributed by atoms with Crippen LogP contribution < -0.4 is 5.32 Å². The molecule has 50 atom stereocenters. The molecule has 8 heterocycles. The topological polar surface area (TPSA) is 732 Å². The summed E-state index contributed by atoms with van der Waals surface area (Å²) in [6.07, 6.45) is -62.5. The number of rotatable bonds is 32. The third kappa shape index (κ3) is 22.1. The van der Waals surface area contributed by atoms with E-state index < -0.39 is 377 Å². The zero-order valence-electron chi connectivity index (χ0n) is 81.5. The van der Waals surface area contributed by atoms with Crippen molar-refractivity contribution in [3.63, 3.8) is 0 Å². The fourth-order valence-corrected chi connectivity index (χ4v) is 24.3. The average Bonchev–Trinajstić information content (AvgIpc) is 0.666. The molecule has 5 aliphatic carbocycles. The van der Waals surface area contributed by atoms with Crippen LogP contribution in [0.25, 0.3) is 0 Å². The van der Waals surface area contributed by atoms with Crippen molar-refractivity contribution in [3.05, 3.63) is 60.3 Å². The summed E-state index contributed by atoms with van der Waals surface area (Å²) >= 11 is 0. The van der Waals surface area contributed by atoms with Crippen molar-refractivity contribution in [2.45, 2.75) is 411 Å². The van der Waals surface area contributed by atoms with E-state index in [1.54, 1.807) is 13.8 Å². The first-order chi connectivity index (χ1) is 66.6. The highest BCUT2D eigenvalue weighted by atomic mass is 16.8. The van der Waals surface area contributed by atoms with Gasteiger partial charge < -0.3 is 213 Å². The van der Waals surface area contributed by atoms with Crippen molar-refractivity contribution in [2.75, 3.05) is 46.2 Å². The lowest BCUT2D eigenvalue weighted by atomic mass is 9.33. The van der Waals surface area contributed by atoms with Crippen molar-refractivity contribution in [2.24, 2.45) is 50.2 Å². The zero-order chi connectivity index (χ0) is 105. The zero-order valence-corrected chi connectivity index (χ0v) is 81.5. The van der Waals surface area contributed by atoms with Crippen LogP contribution in [0.1, 0.15) is 147 Å². The number of ether oxygens (including phenoxy) is 18. The van der Waals surface area contributed by atoms with Crippen molar-refractivity contribution < 1.29 is 227 Å². The van der Waals surface area contributed by atoms with Crippen LogP contribution in [0.3, 0.4) is 0 Å². The summed E-state index contributed by atoms with van der Waals surface area (Å²) in [7, 11) is 0. The molecule has 13 aliphatic rings. The van der Waals surface area contributed by atoms with Gasteiger partial charge in [0.25, 0.3) is 0 Å². The van der Waals surface area contributed by atoms with Gasteiger partial charge in [-0.15, -0.1) is 13.2 Å². The highest BCUT2D eigenvalue weighted by molar-refractivity contribution is 5.89. The molecule has 1 amide bonds. The molecule has 0 aromatic rings. The summed E-state index contributed by atoms with van der Waals surface area (Å²) < 4.78 is 109. The maximum atomic E-state index is 16.5. The Hall–Kier alpha value is -4.98. The van der Waals surface area contributed by atoms with Gasteiger partial charge in [-0.2, -0.15) is 0 Å². The summed E-state index contributed by atoms with van der Waals surface area (Å²) in [6.45, 7) is 23.0. The Kier molecular flexibility index (Phi) is 36.4. The molecule has 25 N–H and O–H groups in total. The Labute approximate surface area is 820 Å². The Morgan fingerprint density at radius 1 is 0.514 bits per heavy atom. The van der Waals surface area contributed by atoms with E-state index in [0.29, 0.717) is 32.1 Å². The first-order valence-electron chi connectivity index (χ1n) is 48.7. The standard InChI is InChI=1S/C95H149NO46/c1-15-43(131-83-68(116)62(110)72(37(3)128-83)136-78(120)41(30-97)18-17-23-91(11,124)16-2)26-42(31-98)79(121)135-55-29-95(88(123)142-86-70(118)64(112)75(49(33-100)134-86)139-87-71(119)77(141-82-66(114)58(106)47(103)35-127-82)74(39(5)130-87)138-85-67(115)61(109)59(107)48(32-99)133-85)45(27-89(55,7)8)44-19-20-52-92(12)24-22-54(90(9,10)51(92)21-25-93(52,13)94(44,14)28-53(95)104)125-36-50-76(60(108)56(80(122)132-50)96-40(6)101)140-84-69(117)63(111)73(38(4)129-84)137-81-65(113)57(105)46(102)34-126-81/h15-16,18-19,26,37-39,43,45-77,80-87,97-100,102-119,122,124H,1-2,17,20-25,27-36H2,3-14H3,(H,96,101)/b41-18-,42-26+/t37-,38+,39+,43+,45?,46+,47+,48+,49+,50+,51?,52?,53?,54?,55?,56+,57-,58+,59+,60+,61-,62-,63+,64+,65+,66-,67+,68-,69+,70+,71-,72-,73-,74+,75+,76+,77+,80+,81-,82-,83?,84-,85-,86-,87-,91?,92?,93?,94?,95?/m0/s1.